The Labute approximate surface area is 172 Å². The molecule has 152 valence electrons. The number of carbonyl (C=O) groups is 1. The molecule has 9 nitrogen and oxygen atoms in total. The van der Waals surface area contributed by atoms with Gasteiger partial charge in [0.25, 0.3) is 5.91 Å². The molecule has 0 aliphatic carbocycles. The minimum atomic E-state index is -0.535. The minimum absolute atomic E-state index is 0.0754. The summed E-state index contributed by atoms with van der Waals surface area (Å²) in [7, 11) is 0. The molecule has 0 saturated carbocycles. The van der Waals surface area contributed by atoms with Crippen molar-refractivity contribution < 1.29 is 9.72 Å². The summed E-state index contributed by atoms with van der Waals surface area (Å²) in [6.45, 7) is 2.52. The average molecular weight is 404 g/mol. The Hall–Kier alpha value is -4.01. The number of benzene rings is 2. The lowest BCUT2D eigenvalue weighted by molar-refractivity contribution is -0.383. The Morgan fingerprint density at radius 3 is 2.67 bits per heavy atom. The highest BCUT2D eigenvalue weighted by Crippen LogP contribution is 2.39. The molecule has 2 aromatic carbocycles. The fourth-order valence-corrected chi connectivity index (χ4v) is 3.47. The van der Waals surface area contributed by atoms with Crippen LogP contribution in [-0.2, 0) is 6.42 Å². The first-order chi connectivity index (χ1) is 14.5. The number of hydrogen-bond donors (Lipinski definition) is 2. The molecular formula is C21H20N6O3. The van der Waals surface area contributed by atoms with Gasteiger partial charge in [0.2, 0.25) is 11.6 Å². The van der Waals surface area contributed by atoms with Crippen molar-refractivity contribution >= 4 is 28.9 Å². The Bertz CT molecular complexity index is 1100. The van der Waals surface area contributed by atoms with E-state index in [9.17, 15) is 14.9 Å². The van der Waals surface area contributed by atoms with Crippen molar-refractivity contribution in [3.05, 3.63) is 81.7 Å². The van der Waals surface area contributed by atoms with Crippen molar-refractivity contribution in [1.29, 1.82) is 0 Å². The van der Waals surface area contributed by atoms with E-state index in [1.165, 1.54) is 6.33 Å². The fraction of sp³-hybridized carbons (Fsp3) is 0.190. The van der Waals surface area contributed by atoms with Crippen molar-refractivity contribution in [2.45, 2.75) is 19.8 Å². The molecule has 0 spiro atoms. The summed E-state index contributed by atoms with van der Waals surface area (Å²) in [4.78, 5) is 33.7. The summed E-state index contributed by atoms with van der Waals surface area (Å²) in [6.07, 6.45) is 3.01. The van der Waals surface area contributed by atoms with Crippen LogP contribution in [0.3, 0.4) is 0 Å². The first-order valence-corrected chi connectivity index (χ1v) is 9.52. The first-order valence-electron chi connectivity index (χ1n) is 9.52. The van der Waals surface area contributed by atoms with E-state index in [-0.39, 0.29) is 17.3 Å². The third-order valence-electron chi connectivity index (χ3n) is 4.96. The standard InChI is InChI=1S/C21H20N6O3/c1-14-8-10-16(11-9-14)21(28)25-24-19-18(27(29)30)20(23-13-22-19)26-12-4-6-15-5-2-3-7-17(15)26/h2-3,5,7-11,13H,4,6,12H2,1H3,(H,25,28)(H,22,23,24). The number of hydrogen-bond acceptors (Lipinski definition) is 7. The van der Waals surface area contributed by atoms with E-state index in [4.69, 9.17) is 0 Å². The zero-order valence-electron chi connectivity index (χ0n) is 16.3. The molecule has 9 heteroatoms. The lowest BCUT2D eigenvalue weighted by Gasteiger charge is -2.30. The van der Waals surface area contributed by atoms with Gasteiger partial charge < -0.3 is 4.90 Å². The van der Waals surface area contributed by atoms with Crippen molar-refractivity contribution in [2.75, 3.05) is 16.9 Å². The molecule has 2 N–H and O–H groups in total. The van der Waals surface area contributed by atoms with Crippen LogP contribution >= 0.6 is 0 Å². The second-order valence-electron chi connectivity index (χ2n) is 6.98. The molecule has 1 amide bonds. The number of para-hydroxylation sites is 1. The van der Waals surface area contributed by atoms with E-state index < -0.39 is 10.8 Å². The van der Waals surface area contributed by atoms with Crippen LogP contribution in [0.15, 0.2) is 54.9 Å². The molecule has 2 heterocycles. The van der Waals surface area contributed by atoms with Crippen LogP contribution in [0.2, 0.25) is 0 Å². The monoisotopic (exact) mass is 404 g/mol. The summed E-state index contributed by atoms with van der Waals surface area (Å²) in [5.41, 5.74) is 8.23. The van der Waals surface area contributed by atoms with Crippen molar-refractivity contribution in [3.63, 3.8) is 0 Å². The van der Waals surface area contributed by atoms with Crippen LogP contribution in [-0.4, -0.2) is 27.3 Å². The smallest absolute Gasteiger partial charge is 0.320 e. The number of nitrogens with zero attached hydrogens (tertiary/aromatic N) is 4. The number of rotatable bonds is 5. The van der Waals surface area contributed by atoms with Gasteiger partial charge in [-0.2, -0.15) is 0 Å². The molecule has 4 rings (SSSR count). The molecule has 30 heavy (non-hydrogen) atoms. The number of aromatic nitrogens is 2. The molecule has 0 saturated heterocycles. The van der Waals surface area contributed by atoms with Gasteiger partial charge in [-0.1, -0.05) is 35.9 Å². The highest BCUT2D eigenvalue weighted by Gasteiger charge is 2.30. The van der Waals surface area contributed by atoms with Gasteiger partial charge in [0, 0.05) is 17.8 Å². The zero-order valence-corrected chi connectivity index (χ0v) is 16.3. The van der Waals surface area contributed by atoms with E-state index in [0.717, 1.165) is 29.7 Å². The van der Waals surface area contributed by atoms with Gasteiger partial charge in [-0.3, -0.25) is 25.8 Å². The number of aryl methyl sites for hydroxylation is 2. The highest BCUT2D eigenvalue weighted by molar-refractivity contribution is 5.95. The van der Waals surface area contributed by atoms with Crippen LogP contribution in [0.25, 0.3) is 0 Å². The summed E-state index contributed by atoms with van der Waals surface area (Å²) in [6, 6.07) is 14.8. The topological polar surface area (TPSA) is 113 Å². The van der Waals surface area contributed by atoms with Gasteiger partial charge in [0.1, 0.15) is 6.33 Å². The van der Waals surface area contributed by atoms with E-state index in [2.05, 4.69) is 20.8 Å². The van der Waals surface area contributed by atoms with Gasteiger partial charge in [-0.15, -0.1) is 0 Å². The van der Waals surface area contributed by atoms with Crippen molar-refractivity contribution in [3.8, 4) is 0 Å². The maximum absolute atomic E-state index is 12.4. The Balaban J connectivity index is 1.64. The number of fused-ring (bicyclic) bond motifs is 1. The van der Waals surface area contributed by atoms with Crippen molar-refractivity contribution in [1.82, 2.24) is 15.4 Å². The van der Waals surface area contributed by atoms with Crippen LogP contribution in [0, 0.1) is 17.0 Å². The summed E-state index contributed by atoms with van der Waals surface area (Å²) < 4.78 is 0. The Kier molecular flexibility index (Phi) is 5.25. The van der Waals surface area contributed by atoms with Crippen LogP contribution in [0.4, 0.5) is 23.0 Å². The lowest BCUT2D eigenvalue weighted by Crippen LogP contribution is -2.31. The molecular weight excluding hydrogens is 384 g/mol. The largest absolute Gasteiger partial charge is 0.355 e. The van der Waals surface area contributed by atoms with Gasteiger partial charge in [-0.25, -0.2) is 9.97 Å². The number of carbonyl (C=O) groups excluding carboxylic acids is 1. The Morgan fingerprint density at radius 1 is 1.13 bits per heavy atom. The number of amides is 1. The highest BCUT2D eigenvalue weighted by atomic mass is 16.6. The quantitative estimate of drug-likeness (QED) is 0.494. The molecule has 0 unspecified atom stereocenters. The number of nitrogens with one attached hydrogen (secondary N) is 2. The van der Waals surface area contributed by atoms with E-state index >= 15 is 0 Å². The maximum Gasteiger partial charge on any atom is 0.355 e. The first kappa shape index (κ1) is 19.3. The molecule has 0 atom stereocenters. The normalized spacial score (nSPS) is 12.8. The summed E-state index contributed by atoms with van der Waals surface area (Å²) in [5, 5.41) is 11.9. The third-order valence-corrected chi connectivity index (χ3v) is 4.96. The van der Waals surface area contributed by atoms with E-state index in [1.54, 1.807) is 12.1 Å². The van der Waals surface area contributed by atoms with E-state index in [0.29, 0.717) is 12.1 Å². The second kappa shape index (κ2) is 8.16. The SMILES string of the molecule is Cc1ccc(C(=O)NNc2ncnc(N3CCCc4ccccc43)c2[N+](=O)[O-])cc1. The van der Waals surface area contributed by atoms with E-state index in [1.807, 2.05) is 48.2 Å². The maximum atomic E-state index is 12.4. The molecule has 0 radical (unpaired) electrons. The van der Waals surface area contributed by atoms with Gasteiger partial charge in [-0.05, 0) is 43.5 Å². The number of anilines is 3. The van der Waals surface area contributed by atoms with Gasteiger partial charge in [0.05, 0.1) is 4.92 Å². The average Bonchev–Trinajstić information content (AvgIpc) is 2.77. The van der Waals surface area contributed by atoms with Crippen molar-refractivity contribution in [2.24, 2.45) is 0 Å². The molecule has 1 aromatic heterocycles. The molecule has 1 aliphatic rings. The molecule has 1 aliphatic heterocycles. The third kappa shape index (κ3) is 3.77. The minimum Gasteiger partial charge on any atom is -0.320 e. The fourth-order valence-electron chi connectivity index (χ4n) is 3.47. The lowest BCUT2D eigenvalue weighted by atomic mass is 10.0. The predicted molar refractivity (Wildman–Crippen MR) is 113 cm³/mol. The van der Waals surface area contributed by atoms with Crippen LogP contribution in [0.1, 0.15) is 27.9 Å². The zero-order chi connectivity index (χ0) is 21.1. The van der Waals surface area contributed by atoms with Gasteiger partial charge >= 0.3 is 5.69 Å². The second-order valence-corrected chi connectivity index (χ2v) is 6.98. The molecule has 0 fully saturated rings. The predicted octanol–water partition coefficient (Wildman–Crippen LogP) is 3.53. The summed E-state index contributed by atoms with van der Waals surface area (Å²) >= 11 is 0. The molecule has 0 bridgehead atoms. The number of hydrazine groups is 1. The van der Waals surface area contributed by atoms with Crippen LogP contribution in [0.5, 0.6) is 0 Å². The Morgan fingerprint density at radius 2 is 1.90 bits per heavy atom. The van der Waals surface area contributed by atoms with Gasteiger partial charge in [0.15, 0.2) is 0 Å². The van der Waals surface area contributed by atoms with Crippen LogP contribution < -0.4 is 15.8 Å². The number of nitro groups is 1. The summed E-state index contributed by atoms with van der Waals surface area (Å²) in [5.74, 6) is -0.310. The molecule has 3 aromatic rings.